The molecule has 1 aliphatic carbocycles. The lowest BCUT2D eigenvalue weighted by Crippen LogP contribution is -2.39. The SMILES string of the molecule is CCc1ccc(C2(O)CC(C)CCC2C)cc1. The van der Waals surface area contributed by atoms with Crippen molar-refractivity contribution in [3.05, 3.63) is 35.4 Å². The van der Waals surface area contributed by atoms with E-state index in [2.05, 4.69) is 45.0 Å². The van der Waals surface area contributed by atoms with E-state index < -0.39 is 5.60 Å². The van der Waals surface area contributed by atoms with Gasteiger partial charge in [0.25, 0.3) is 0 Å². The first-order valence-electron chi connectivity index (χ1n) is 6.88. The largest absolute Gasteiger partial charge is 0.385 e. The lowest BCUT2D eigenvalue weighted by atomic mass is 9.69. The molecule has 0 aromatic heterocycles. The van der Waals surface area contributed by atoms with Gasteiger partial charge in [0.2, 0.25) is 0 Å². The van der Waals surface area contributed by atoms with Crippen LogP contribution in [0.25, 0.3) is 0 Å². The zero-order valence-electron chi connectivity index (χ0n) is 11.2. The van der Waals surface area contributed by atoms with Crippen molar-refractivity contribution in [2.45, 2.75) is 52.1 Å². The van der Waals surface area contributed by atoms with Crippen molar-refractivity contribution in [3.63, 3.8) is 0 Å². The molecule has 2 rings (SSSR count). The summed E-state index contributed by atoms with van der Waals surface area (Å²) in [6.07, 6.45) is 4.34. The van der Waals surface area contributed by atoms with E-state index in [1.165, 1.54) is 12.0 Å². The van der Waals surface area contributed by atoms with Gasteiger partial charge in [-0.05, 0) is 42.2 Å². The van der Waals surface area contributed by atoms with Crippen LogP contribution in [0.15, 0.2) is 24.3 Å². The third kappa shape index (κ3) is 2.40. The fourth-order valence-corrected chi connectivity index (χ4v) is 3.04. The molecule has 1 nitrogen and oxygen atoms in total. The summed E-state index contributed by atoms with van der Waals surface area (Å²) in [4.78, 5) is 0. The van der Waals surface area contributed by atoms with Crippen LogP contribution < -0.4 is 0 Å². The molecule has 0 heterocycles. The minimum absolute atomic E-state index is 0.367. The lowest BCUT2D eigenvalue weighted by Gasteiger charge is -2.41. The van der Waals surface area contributed by atoms with Crippen molar-refractivity contribution < 1.29 is 5.11 Å². The third-order valence-electron chi connectivity index (χ3n) is 4.43. The van der Waals surface area contributed by atoms with Crippen LogP contribution in [0.1, 0.15) is 51.2 Å². The Kier molecular flexibility index (Phi) is 3.58. The molecule has 17 heavy (non-hydrogen) atoms. The molecule has 0 spiro atoms. The molecule has 0 amide bonds. The van der Waals surface area contributed by atoms with E-state index in [4.69, 9.17) is 0 Å². The van der Waals surface area contributed by atoms with Crippen LogP contribution in [0.3, 0.4) is 0 Å². The molecule has 0 bridgehead atoms. The lowest BCUT2D eigenvalue weighted by molar-refractivity contribution is -0.0627. The van der Waals surface area contributed by atoms with E-state index in [1.54, 1.807) is 0 Å². The first-order valence-corrected chi connectivity index (χ1v) is 6.88. The Morgan fingerprint density at radius 2 is 1.82 bits per heavy atom. The minimum Gasteiger partial charge on any atom is -0.385 e. The number of benzene rings is 1. The zero-order chi connectivity index (χ0) is 12.5. The summed E-state index contributed by atoms with van der Waals surface area (Å²) in [5.41, 5.74) is 1.84. The van der Waals surface area contributed by atoms with E-state index in [0.29, 0.717) is 11.8 Å². The van der Waals surface area contributed by atoms with Crippen LogP contribution >= 0.6 is 0 Å². The first kappa shape index (κ1) is 12.6. The standard InChI is InChI=1S/C16H24O/c1-4-14-7-9-15(10-8-14)16(17)11-12(2)5-6-13(16)3/h7-10,12-13,17H,4-6,11H2,1-3H3. The summed E-state index contributed by atoms with van der Waals surface area (Å²) in [5.74, 6) is 0.994. The average Bonchev–Trinajstić information content (AvgIpc) is 2.34. The molecule has 1 aromatic carbocycles. The Morgan fingerprint density at radius 3 is 2.41 bits per heavy atom. The van der Waals surface area contributed by atoms with Crippen LogP contribution in [0.2, 0.25) is 0 Å². The minimum atomic E-state index is -0.607. The third-order valence-corrected chi connectivity index (χ3v) is 4.43. The smallest absolute Gasteiger partial charge is 0.0924 e. The van der Waals surface area contributed by atoms with Crippen molar-refractivity contribution in [2.75, 3.05) is 0 Å². The second-order valence-electron chi connectivity index (χ2n) is 5.76. The highest BCUT2D eigenvalue weighted by Crippen LogP contribution is 2.43. The summed E-state index contributed by atoms with van der Waals surface area (Å²) < 4.78 is 0. The Morgan fingerprint density at radius 1 is 1.18 bits per heavy atom. The molecular weight excluding hydrogens is 208 g/mol. The van der Waals surface area contributed by atoms with Gasteiger partial charge in [-0.2, -0.15) is 0 Å². The molecule has 1 aromatic rings. The summed E-state index contributed by atoms with van der Waals surface area (Å²) in [5, 5.41) is 10.9. The molecule has 0 aliphatic heterocycles. The van der Waals surface area contributed by atoms with Gasteiger partial charge in [0.05, 0.1) is 5.60 Å². The molecule has 1 fully saturated rings. The molecule has 3 atom stereocenters. The highest BCUT2D eigenvalue weighted by Gasteiger charge is 2.39. The Hall–Kier alpha value is -0.820. The van der Waals surface area contributed by atoms with Crippen LogP contribution in [-0.2, 0) is 12.0 Å². The summed E-state index contributed by atoms with van der Waals surface area (Å²) >= 11 is 0. The quantitative estimate of drug-likeness (QED) is 0.820. The molecule has 3 unspecified atom stereocenters. The molecular formula is C16H24O. The van der Waals surface area contributed by atoms with Gasteiger partial charge in [-0.3, -0.25) is 0 Å². The monoisotopic (exact) mass is 232 g/mol. The number of aryl methyl sites for hydroxylation is 1. The Labute approximate surface area is 105 Å². The fourth-order valence-electron chi connectivity index (χ4n) is 3.04. The van der Waals surface area contributed by atoms with Gasteiger partial charge in [0, 0.05) is 0 Å². The average molecular weight is 232 g/mol. The second kappa shape index (κ2) is 4.81. The van der Waals surface area contributed by atoms with E-state index in [1.807, 2.05) is 0 Å². The maximum Gasteiger partial charge on any atom is 0.0924 e. The summed E-state index contributed by atoms with van der Waals surface area (Å²) in [6, 6.07) is 8.54. The fraction of sp³-hybridized carbons (Fsp3) is 0.625. The second-order valence-corrected chi connectivity index (χ2v) is 5.76. The van der Waals surface area contributed by atoms with Crippen LogP contribution in [-0.4, -0.2) is 5.11 Å². The zero-order valence-corrected chi connectivity index (χ0v) is 11.2. The Bertz CT molecular complexity index is 368. The van der Waals surface area contributed by atoms with Crippen molar-refractivity contribution in [1.29, 1.82) is 0 Å². The first-order chi connectivity index (χ1) is 8.06. The summed E-state index contributed by atoms with van der Waals surface area (Å²) in [6.45, 7) is 6.59. The van der Waals surface area contributed by atoms with Gasteiger partial charge in [-0.1, -0.05) is 51.5 Å². The predicted octanol–water partition coefficient (Wildman–Crippen LogP) is 3.89. The van der Waals surface area contributed by atoms with Crippen molar-refractivity contribution >= 4 is 0 Å². The molecule has 0 radical (unpaired) electrons. The molecule has 1 aliphatic rings. The maximum atomic E-state index is 10.9. The maximum absolute atomic E-state index is 10.9. The van der Waals surface area contributed by atoms with E-state index in [9.17, 15) is 5.11 Å². The van der Waals surface area contributed by atoms with E-state index in [-0.39, 0.29) is 0 Å². The van der Waals surface area contributed by atoms with Gasteiger partial charge < -0.3 is 5.11 Å². The van der Waals surface area contributed by atoms with Gasteiger partial charge in [0.15, 0.2) is 0 Å². The van der Waals surface area contributed by atoms with Crippen LogP contribution in [0.5, 0.6) is 0 Å². The van der Waals surface area contributed by atoms with Crippen molar-refractivity contribution in [3.8, 4) is 0 Å². The normalized spacial score (nSPS) is 33.6. The van der Waals surface area contributed by atoms with E-state index >= 15 is 0 Å². The molecule has 94 valence electrons. The van der Waals surface area contributed by atoms with Crippen LogP contribution in [0, 0.1) is 11.8 Å². The number of aliphatic hydroxyl groups is 1. The highest BCUT2D eigenvalue weighted by atomic mass is 16.3. The van der Waals surface area contributed by atoms with Gasteiger partial charge in [0.1, 0.15) is 0 Å². The molecule has 1 saturated carbocycles. The Balaban J connectivity index is 2.28. The van der Waals surface area contributed by atoms with Crippen molar-refractivity contribution in [1.82, 2.24) is 0 Å². The highest BCUT2D eigenvalue weighted by molar-refractivity contribution is 5.28. The summed E-state index contributed by atoms with van der Waals surface area (Å²) in [7, 11) is 0. The van der Waals surface area contributed by atoms with Gasteiger partial charge in [-0.15, -0.1) is 0 Å². The topological polar surface area (TPSA) is 20.2 Å². The van der Waals surface area contributed by atoms with Crippen molar-refractivity contribution in [2.24, 2.45) is 11.8 Å². The number of rotatable bonds is 2. The molecule has 1 N–H and O–H groups in total. The van der Waals surface area contributed by atoms with Gasteiger partial charge >= 0.3 is 0 Å². The molecule has 1 heteroatoms. The van der Waals surface area contributed by atoms with Crippen LogP contribution in [0.4, 0.5) is 0 Å². The number of hydrogen-bond donors (Lipinski definition) is 1. The van der Waals surface area contributed by atoms with Gasteiger partial charge in [-0.25, -0.2) is 0 Å². The number of hydrogen-bond acceptors (Lipinski definition) is 1. The predicted molar refractivity (Wildman–Crippen MR) is 71.9 cm³/mol. The molecule has 0 saturated heterocycles. The van der Waals surface area contributed by atoms with E-state index in [0.717, 1.165) is 24.8 Å².